The van der Waals surface area contributed by atoms with Gasteiger partial charge in [0.2, 0.25) is 0 Å². The molecule has 21 heavy (non-hydrogen) atoms. The summed E-state index contributed by atoms with van der Waals surface area (Å²) in [6, 6.07) is 9.51. The first-order valence-electron chi connectivity index (χ1n) is 6.82. The minimum Gasteiger partial charge on any atom is -0.380 e. The number of aryl methyl sites for hydroxylation is 2. The van der Waals surface area contributed by atoms with Gasteiger partial charge in [-0.25, -0.2) is 4.98 Å². The first kappa shape index (κ1) is 13.6. The maximum absolute atomic E-state index is 10.5. The van der Waals surface area contributed by atoms with E-state index < -0.39 is 6.10 Å². The first-order valence-corrected chi connectivity index (χ1v) is 6.82. The van der Waals surface area contributed by atoms with E-state index in [0.29, 0.717) is 12.4 Å². The zero-order valence-electron chi connectivity index (χ0n) is 12.0. The molecule has 0 saturated carbocycles. The summed E-state index contributed by atoms with van der Waals surface area (Å²) in [7, 11) is 0. The summed E-state index contributed by atoms with van der Waals surface area (Å²) in [4.78, 5) is 4.29. The molecule has 5 nitrogen and oxygen atoms in total. The zero-order chi connectivity index (χ0) is 14.8. The van der Waals surface area contributed by atoms with Crippen LogP contribution in [-0.4, -0.2) is 19.8 Å². The number of aromatic nitrogens is 3. The lowest BCUT2D eigenvalue weighted by Crippen LogP contribution is -2.11. The zero-order valence-corrected chi connectivity index (χ0v) is 12.0. The average molecular weight is 283 g/mol. The lowest BCUT2D eigenvalue weighted by molar-refractivity contribution is 0.205. The summed E-state index contributed by atoms with van der Waals surface area (Å²) in [5.74, 6) is 1.41. The molecule has 3 rings (SSSR count). The van der Waals surface area contributed by atoms with Crippen LogP contribution in [0.2, 0.25) is 0 Å². The van der Waals surface area contributed by atoms with Crippen molar-refractivity contribution in [2.24, 2.45) is 0 Å². The van der Waals surface area contributed by atoms with E-state index in [1.807, 2.05) is 54.9 Å². The fourth-order valence-electron chi connectivity index (χ4n) is 2.38. The predicted molar refractivity (Wildman–Crippen MR) is 77.8 cm³/mol. The van der Waals surface area contributed by atoms with E-state index in [4.69, 9.17) is 4.52 Å². The van der Waals surface area contributed by atoms with Crippen LogP contribution in [0.5, 0.6) is 0 Å². The molecule has 0 amide bonds. The molecule has 0 spiro atoms. The van der Waals surface area contributed by atoms with Crippen LogP contribution < -0.4 is 0 Å². The Kier molecular flexibility index (Phi) is 3.58. The summed E-state index contributed by atoms with van der Waals surface area (Å²) >= 11 is 0. The van der Waals surface area contributed by atoms with E-state index in [2.05, 4.69) is 10.1 Å². The highest BCUT2D eigenvalue weighted by Gasteiger charge is 2.18. The van der Waals surface area contributed by atoms with Crippen LogP contribution in [0.4, 0.5) is 0 Å². The molecule has 3 aromatic rings. The van der Waals surface area contributed by atoms with Crippen molar-refractivity contribution in [1.82, 2.24) is 14.7 Å². The highest BCUT2D eigenvalue weighted by atomic mass is 16.5. The van der Waals surface area contributed by atoms with Gasteiger partial charge in [0.25, 0.3) is 0 Å². The molecular weight excluding hydrogens is 266 g/mol. The number of benzene rings is 1. The third kappa shape index (κ3) is 2.60. The van der Waals surface area contributed by atoms with Crippen molar-refractivity contribution in [3.8, 4) is 0 Å². The molecule has 108 valence electrons. The van der Waals surface area contributed by atoms with Crippen molar-refractivity contribution < 1.29 is 9.63 Å². The Balaban J connectivity index is 1.91. The van der Waals surface area contributed by atoms with Gasteiger partial charge >= 0.3 is 0 Å². The van der Waals surface area contributed by atoms with Crippen molar-refractivity contribution in [3.05, 3.63) is 71.1 Å². The molecular formula is C16H17N3O2. The molecule has 0 aliphatic carbocycles. The van der Waals surface area contributed by atoms with Gasteiger partial charge in [0.15, 0.2) is 0 Å². The van der Waals surface area contributed by atoms with E-state index in [1.165, 1.54) is 0 Å². The van der Waals surface area contributed by atoms with Crippen molar-refractivity contribution in [1.29, 1.82) is 0 Å². The normalized spacial score (nSPS) is 12.5. The van der Waals surface area contributed by atoms with Crippen LogP contribution >= 0.6 is 0 Å². The molecule has 0 aliphatic rings. The number of aliphatic hydroxyl groups excluding tert-OH is 1. The molecule has 0 bridgehead atoms. The summed E-state index contributed by atoms with van der Waals surface area (Å²) < 4.78 is 7.10. The van der Waals surface area contributed by atoms with E-state index in [1.54, 1.807) is 6.20 Å². The molecule has 0 saturated heterocycles. The number of nitrogens with zero attached hydrogens (tertiary/aromatic N) is 3. The molecule has 2 aromatic heterocycles. The Bertz CT molecular complexity index is 712. The van der Waals surface area contributed by atoms with Crippen molar-refractivity contribution in [3.63, 3.8) is 0 Å². The second-order valence-corrected chi connectivity index (χ2v) is 5.03. The van der Waals surface area contributed by atoms with Crippen LogP contribution in [0.15, 0.2) is 47.2 Å². The van der Waals surface area contributed by atoms with Gasteiger partial charge in [0, 0.05) is 18.0 Å². The number of imidazole rings is 1. The Morgan fingerprint density at radius 2 is 2.00 bits per heavy atom. The molecule has 2 heterocycles. The van der Waals surface area contributed by atoms with E-state index in [-0.39, 0.29) is 0 Å². The molecule has 1 aromatic carbocycles. The molecule has 0 unspecified atom stereocenters. The van der Waals surface area contributed by atoms with E-state index in [9.17, 15) is 5.11 Å². The van der Waals surface area contributed by atoms with Crippen LogP contribution in [0, 0.1) is 13.8 Å². The van der Waals surface area contributed by atoms with E-state index >= 15 is 0 Å². The number of hydrogen-bond donors (Lipinski definition) is 1. The molecule has 1 N–H and O–H groups in total. The molecule has 0 radical (unpaired) electrons. The fraction of sp³-hybridized carbons (Fsp3) is 0.250. The maximum atomic E-state index is 10.5. The quantitative estimate of drug-likeness (QED) is 0.799. The Morgan fingerprint density at radius 1 is 1.24 bits per heavy atom. The molecule has 0 aliphatic heterocycles. The molecule has 1 atom stereocenters. The monoisotopic (exact) mass is 283 g/mol. The van der Waals surface area contributed by atoms with Gasteiger partial charge in [0.05, 0.1) is 12.2 Å². The summed E-state index contributed by atoms with van der Waals surface area (Å²) in [5, 5.41) is 14.5. The lowest BCUT2D eigenvalue weighted by Gasteiger charge is -2.13. The summed E-state index contributed by atoms with van der Waals surface area (Å²) in [5.41, 5.74) is 2.71. The number of hydrogen-bond acceptors (Lipinski definition) is 4. The summed E-state index contributed by atoms with van der Waals surface area (Å²) in [6.07, 6.45) is 2.80. The Morgan fingerprint density at radius 3 is 2.67 bits per heavy atom. The standard InChI is InChI=1S/C16H17N3O2/c1-11-14(12(2)21-18-11)10-19-9-8-17-16(19)15(20)13-6-4-3-5-7-13/h3-9,15,20H,10H2,1-2H3/t15-/m0/s1. The van der Waals surface area contributed by atoms with Gasteiger partial charge in [-0.05, 0) is 19.4 Å². The lowest BCUT2D eigenvalue weighted by atomic mass is 10.1. The largest absolute Gasteiger partial charge is 0.380 e. The molecule has 0 fully saturated rings. The van der Waals surface area contributed by atoms with Crippen LogP contribution in [0.1, 0.15) is 34.5 Å². The van der Waals surface area contributed by atoms with Crippen LogP contribution in [-0.2, 0) is 6.54 Å². The summed E-state index contributed by atoms with van der Waals surface area (Å²) in [6.45, 7) is 4.38. The number of rotatable bonds is 4. The Hall–Kier alpha value is -2.40. The second-order valence-electron chi connectivity index (χ2n) is 5.03. The third-order valence-corrected chi connectivity index (χ3v) is 3.62. The van der Waals surface area contributed by atoms with Crippen LogP contribution in [0.25, 0.3) is 0 Å². The first-order chi connectivity index (χ1) is 10.2. The molecule has 5 heteroatoms. The van der Waals surface area contributed by atoms with Crippen molar-refractivity contribution in [2.75, 3.05) is 0 Å². The van der Waals surface area contributed by atoms with Gasteiger partial charge in [0.1, 0.15) is 17.7 Å². The number of aliphatic hydroxyl groups is 1. The highest BCUT2D eigenvalue weighted by Crippen LogP contribution is 2.22. The fourth-order valence-corrected chi connectivity index (χ4v) is 2.38. The topological polar surface area (TPSA) is 64.1 Å². The van der Waals surface area contributed by atoms with Gasteiger partial charge in [-0.1, -0.05) is 35.5 Å². The third-order valence-electron chi connectivity index (χ3n) is 3.62. The van der Waals surface area contributed by atoms with Crippen molar-refractivity contribution >= 4 is 0 Å². The van der Waals surface area contributed by atoms with Crippen LogP contribution in [0.3, 0.4) is 0 Å². The minimum absolute atomic E-state index is 0.584. The SMILES string of the molecule is Cc1noc(C)c1Cn1ccnc1[C@@H](O)c1ccccc1. The second kappa shape index (κ2) is 5.54. The van der Waals surface area contributed by atoms with Gasteiger partial charge in [-0.2, -0.15) is 0 Å². The van der Waals surface area contributed by atoms with Gasteiger partial charge in [-0.15, -0.1) is 0 Å². The minimum atomic E-state index is -0.748. The highest BCUT2D eigenvalue weighted by molar-refractivity contribution is 5.25. The van der Waals surface area contributed by atoms with E-state index in [0.717, 1.165) is 22.6 Å². The Labute approximate surface area is 122 Å². The van der Waals surface area contributed by atoms with Gasteiger partial charge in [-0.3, -0.25) is 0 Å². The smallest absolute Gasteiger partial charge is 0.142 e. The van der Waals surface area contributed by atoms with Gasteiger partial charge < -0.3 is 14.2 Å². The van der Waals surface area contributed by atoms with Crippen molar-refractivity contribution in [2.45, 2.75) is 26.5 Å². The predicted octanol–water partition coefficient (Wildman–Crippen LogP) is 2.62. The maximum Gasteiger partial charge on any atom is 0.142 e. The average Bonchev–Trinajstić information content (AvgIpc) is 3.09.